The quantitative estimate of drug-likeness (QED) is 0.507. The van der Waals surface area contributed by atoms with Gasteiger partial charge in [-0.3, -0.25) is 9.52 Å². The van der Waals surface area contributed by atoms with Gasteiger partial charge in [0.25, 0.3) is 0 Å². The van der Waals surface area contributed by atoms with Crippen LogP contribution in [0.2, 0.25) is 0 Å². The van der Waals surface area contributed by atoms with E-state index < -0.39 is 21.9 Å². The first-order chi connectivity index (χ1) is 11.2. The molecule has 1 amide bonds. The van der Waals surface area contributed by atoms with E-state index in [1.807, 2.05) is 10.8 Å². The highest BCUT2D eigenvalue weighted by molar-refractivity contribution is 7.89. The molecule has 0 heterocycles. The molecule has 1 N–H and O–H groups in total. The Hall–Kier alpha value is -2.67. The molecule has 0 aliphatic rings. The summed E-state index contributed by atoms with van der Waals surface area (Å²) in [7, 11) is -3.61. The third kappa shape index (κ3) is 4.66. The summed E-state index contributed by atoms with van der Waals surface area (Å²) in [5, 5.41) is 1.54. The number of fused-ring (bicyclic) bond motifs is 1. The van der Waals surface area contributed by atoms with Gasteiger partial charge in [-0.1, -0.05) is 30.8 Å². The molecule has 0 radical (unpaired) electrons. The predicted octanol–water partition coefficient (Wildman–Crippen LogP) is 1.94. The molecule has 126 valence electrons. The summed E-state index contributed by atoms with van der Waals surface area (Å²) >= 11 is 0. The van der Waals surface area contributed by atoms with Gasteiger partial charge in [0, 0.05) is 5.57 Å². The number of esters is 1. The maximum absolute atomic E-state index is 11.8. The third-order valence-electron chi connectivity index (χ3n) is 3.15. The average Bonchev–Trinajstić information content (AvgIpc) is 2.45. The fourth-order valence-corrected chi connectivity index (χ4v) is 2.63. The van der Waals surface area contributed by atoms with Crippen molar-refractivity contribution < 1.29 is 22.7 Å². The number of sulfonamides is 1. The van der Waals surface area contributed by atoms with Crippen LogP contribution in [-0.2, 0) is 26.0 Å². The summed E-state index contributed by atoms with van der Waals surface area (Å²) in [6.45, 7) is 5.07. The van der Waals surface area contributed by atoms with Gasteiger partial charge in [0.15, 0.2) is 0 Å². The van der Waals surface area contributed by atoms with Crippen molar-refractivity contribution in [2.75, 3.05) is 6.26 Å². The zero-order valence-corrected chi connectivity index (χ0v) is 14.1. The highest BCUT2D eigenvalue weighted by atomic mass is 32.2. The first-order valence-electron chi connectivity index (χ1n) is 7.05. The first kappa shape index (κ1) is 17.7. The number of nitrogens with one attached hydrogen (secondary N) is 1. The van der Waals surface area contributed by atoms with Crippen molar-refractivity contribution in [1.29, 1.82) is 0 Å². The van der Waals surface area contributed by atoms with Crippen LogP contribution in [0.15, 0.2) is 48.6 Å². The highest BCUT2D eigenvalue weighted by Gasteiger charge is 2.12. The second kappa shape index (κ2) is 6.84. The molecule has 2 aromatic rings. The molecule has 7 heteroatoms. The van der Waals surface area contributed by atoms with Crippen LogP contribution in [0.5, 0.6) is 5.75 Å². The van der Waals surface area contributed by atoms with E-state index in [9.17, 15) is 18.0 Å². The Kier molecular flexibility index (Phi) is 5.04. The number of benzene rings is 2. The average molecular weight is 347 g/mol. The third-order valence-corrected chi connectivity index (χ3v) is 3.75. The Labute approximate surface area is 140 Å². The predicted molar refractivity (Wildman–Crippen MR) is 91.1 cm³/mol. The molecule has 2 aromatic carbocycles. The van der Waals surface area contributed by atoms with E-state index in [1.165, 1.54) is 0 Å². The Balaban J connectivity index is 2.34. The van der Waals surface area contributed by atoms with Crippen molar-refractivity contribution >= 4 is 32.7 Å². The number of hydrogen-bond acceptors (Lipinski definition) is 5. The summed E-state index contributed by atoms with van der Waals surface area (Å²) < 4.78 is 29.4. The molecular weight excluding hydrogens is 330 g/mol. The van der Waals surface area contributed by atoms with Crippen LogP contribution in [0.3, 0.4) is 0 Å². The van der Waals surface area contributed by atoms with E-state index in [-0.39, 0.29) is 12.0 Å². The Morgan fingerprint density at radius 2 is 1.92 bits per heavy atom. The second-order valence-corrected chi connectivity index (χ2v) is 7.19. The molecule has 0 spiro atoms. The van der Waals surface area contributed by atoms with Gasteiger partial charge in [-0.05, 0) is 35.4 Å². The standard InChI is InChI=1S/C17H17NO5S/c1-11(2)17(20)23-14-8-7-12-5-4-6-13(15(12)10-14)9-16(19)18-24(3,21)22/h4-8,10H,1,9H2,2-3H3,(H,18,19). The smallest absolute Gasteiger partial charge is 0.338 e. The summed E-state index contributed by atoms with van der Waals surface area (Å²) in [5.41, 5.74) is 0.901. The van der Waals surface area contributed by atoms with Crippen molar-refractivity contribution in [3.05, 3.63) is 54.1 Å². The van der Waals surface area contributed by atoms with Gasteiger partial charge in [-0.2, -0.15) is 0 Å². The normalized spacial score (nSPS) is 11.1. The summed E-state index contributed by atoms with van der Waals surface area (Å²) in [6, 6.07) is 10.4. The largest absolute Gasteiger partial charge is 0.423 e. The van der Waals surface area contributed by atoms with Crippen LogP contribution < -0.4 is 9.46 Å². The molecule has 0 aliphatic heterocycles. The monoisotopic (exact) mass is 347 g/mol. The molecule has 24 heavy (non-hydrogen) atoms. The van der Waals surface area contributed by atoms with Crippen molar-refractivity contribution in [3.8, 4) is 5.75 Å². The maximum Gasteiger partial charge on any atom is 0.338 e. The molecule has 0 aliphatic carbocycles. The number of ether oxygens (including phenoxy) is 1. The summed E-state index contributed by atoms with van der Waals surface area (Å²) in [6.07, 6.45) is 0.811. The lowest BCUT2D eigenvalue weighted by Gasteiger charge is -2.09. The molecule has 0 fully saturated rings. The highest BCUT2D eigenvalue weighted by Crippen LogP contribution is 2.25. The van der Waals surface area contributed by atoms with Crippen LogP contribution in [0.1, 0.15) is 12.5 Å². The minimum absolute atomic E-state index is 0.109. The minimum atomic E-state index is -3.61. The molecule has 0 saturated carbocycles. The van der Waals surface area contributed by atoms with Gasteiger partial charge in [0.05, 0.1) is 12.7 Å². The lowest BCUT2D eigenvalue weighted by Crippen LogP contribution is -2.30. The van der Waals surface area contributed by atoms with E-state index in [0.717, 1.165) is 11.6 Å². The minimum Gasteiger partial charge on any atom is -0.423 e. The fourth-order valence-electron chi connectivity index (χ4n) is 2.14. The number of hydrogen-bond donors (Lipinski definition) is 1. The molecule has 0 saturated heterocycles. The molecule has 0 unspecified atom stereocenters. The van der Waals surface area contributed by atoms with Gasteiger partial charge in [-0.25, -0.2) is 13.2 Å². The van der Waals surface area contributed by atoms with Crippen LogP contribution in [0.25, 0.3) is 10.8 Å². The van der Waals surface area contributed by atoms with Crippen LogP contribution in [-0.4, -0.2) is 26.6 Å². The summed E-state index contributed by atoms with van der Waals surface area (Å²) in [4.78, 5) is 23.5. The molecular formula is C17H17NO5S. The number of amides is 1. The molecule has 0 aromatic heterocycles. The Morgan fingerprint density at radius 3 is 2.54 bits per heavy atom. The Bertz CT molecular complexity index is 931. The van der Waals surface area contributed by atoms with E-state index in [1.54, 1.807) is 37.3 Å². The van der Waals surface area contributed by atoms with E-state index >= 15 is 0 Å². The van der Waals surface area contributed by atoms with Crippen molar-refractivity contribution in [1.82, 2.24) is 4.72 Å². The molecule has 0 atom stereocenters. The Morgan fingerprint density at radius 1 is 1.21 bits per heavy atom. The number of carbonyl (C=O) groups is 2. The van der Waals surface area contributed by atoms with Gasteiger partial charge in [-0.15, -0.1) is 0 Å². The van der Waals surface area contributed by atoms with Crippen molar-refractivity contribution in [3.63, 3.8) is 0 Å². The maximum atomic E-state index is 11.8. The van der Waals surface area contributed by atoms with E-state index in [2.05, 4.69) is 6.58 Å². The van der Waals surface area contributed by atoms with Crippen molar-refractivity contribution in [2.24, 2.45) is 0 Å². The van der Waals surface area contributed by atoms with Gasteiger partial charge in [0.2, 0.25) is 15.9 Å². The van der Waals surface area contributed by atoms with Gasteiger partial charge < -0.3 is 4.74 Å². The van der Waals surface area contributed by atoms with Gasteiger partial charge in [0.1, 0.15) is 5.75 Å². The topological polar surface area (TPSA) is 89.5 Å². The lowest BCUT2D eigenvalue weighted by atomic mass is 10.0. The molecule has 6 nitrogen and oxygen atoms in total. The van der Waals surface area contributed by atoms with Crippen LogP contribution in [0.4, 0.5) is 0 Å². The second-order valence-electron chi connectivity index (χ2n) is 5.44. The van der Waals surface area contributed by atoms with Crippen LogP contribution >= 0.6 is 0 Å². The fraction of sp³-hybridized carbons (Fsp3) is 0.176. The summed E-state index contributed by atoms with van der Waals surface area (Å²) in [5.74, 6) is -0.845. The van der Waals surface area contributed by atoms with Crippen molar-refractivity contribution in [2.45, 2.75) is 13.3 Å². The molecule has 2 rings (SSSR count). The number of carbonyl (C=O) groups excluding carboxylic acids is 2. The van der Waals surface area contributed by atoms with Crippen LogP contribution in [0, 0.1) is 0 Å². The SMILES string of the molecule is C=C(C)C(=O)Oc1ccc2cccc(CC(=O)NS(C)(=O)=O)c2c1. The zero-order valence-electron chi connectivity index (χ0n) is 13.3. The van der Waals surface area contributed by atoms with E-state index in [0.29, 0.717) is 16.7 Å². The zero-order chi connectivity index (χ0) is 17.9. The first-order valence-corrected chi connectivity index (χ1v) is 8.95. The lowest BCUT2D eigenvalue weighted by molar-refractivity contribution is -0.130. The number of rotatable bonds is 5. The molecule has 0 bridgehead atoms. The van der Waals surface area contributed by atoms with Gasteiger partial charge >= 0.3 is 5.97 Å². The van der Waals surface area contributed by atoms with E-state index in [4.69, 9.17) is 4.74 Å².